The predicted molar refractivity (Wildman–Crippen MR) is 255 cm³/mol. The number of nitrogens with zero attached hydrogens (tertiary/aromatic N) is 2. The molecule has 0 unspecified atom stereocenters. The Hall–Kier alpha value is -7.66. The van der Waals surface area contributed by atoms with Crippen molar-refractivity contribution in [2.75, 3.05) is 0 Å². The summed E-state index contributed by atoms with van der Waals surface area (Å²) in [6.07, 6.45) is 8.77. The SMILES string of the molecule is C1=Cc2nc1c(-c1ccccc1)c1ccc([nH]1)c(-c1ccccc1)c1nc(c(-c3ccccc3)c3sc(c2-c2ccccc2)c(-c2ccccc2)c3-c2ccccc2)C=C1. The first kappa shape index (κ1) is 35.5. The van der Waals surface area contributed by atoms with E-state index in [1.54, 1.807) is 0 Å². The molecular weight excluding hydrogens is 747 g/mol. The van der Waals surface area contributed by atoms with Gasteiger partial charge in [0, 0.05) is 53.8 Å². The predicted octanol–water partition coefficient (Wildman–Crippen LogP) is 15.4. The van der Waals surface area contributed by atoms with Gasteiger partial charge >= 0.3 is 0 Å². The van der Waals surface area contributed by atoms with Gasteiger partial charge in [0.2, 0.25) is 0 Å². The van der Waals surface area contributed by atoms with Crippen LogP contribution in [0.3, 0.4) is 0 Å². The van der Waals surface area contributed by atoms with E-state index in [4.69, 9.17) is 9.97 Å². The number of hydrogen-bond donors (Lipinski definition) is 1. The molecule has 6 aromatic carbocycles. The Morgan fingerprint density at radius 2 is 0.517 bits per heavy atom. The quantitative estimate of drug-likeness (QED) is 0.182. The van der Waals surface area contributed by atoms with E-state index in [1.807, 2.05) is 11.3 Å². The fourth-order valence-electron chi connectivity index (χ4n) is 8.60. The molecule has 0 saturated carbocycles. The van der Waals surface area contributed by atoms with Crippen molar-refractivity contribution in [3.8, 4) is 66.8 Å². The highest BCUT2D eigenvalue weighted by atomic mass is 32.1. The largest absolute Gasteiger partial charge is 0.354 e. The average molecular weight is 784 g/mol. The van der Waals surface area contributed by atoms with Crippen molar-refractivity contribution in [3.05, 3.63) is 217 Å². The normalized spacial score (nSPS) is 11.9. The zero-order valence-electron chi connectivity index (χ0n) is 32.6. The van der Waals surface area contributed by atoms with Gasteiger partial charge in [-0.2, -0.15) is 0 Å². The number of aromatic nitrogens is 3. The van der Waals surface area contributed by atoms with Crippen molar-refractivity contribution < 1.29 is 0 Å². The van der Waals surface area contributed by atoms with Crippen molar-refractivity contribution >= 4 is 56.1 Å². The summed E-state index contributed by atoms with van der Waals surface area (Å²) in [7, 11) is 0. The highest BCUT2D eigenvalue weighted by molar-refractivity contribution is 7.26. The molecule has 0 spiro atoms. The number of benzene rings is 6. The second-order valence-corrected chi connectivity index (χ2v) is 15.9. The molecule has 9 aromatic rings. The number of fused-ring (bicyclic) bond motifs is 8. The summed E-state index contributed by atoms with van der Waals surface area (Å²) in [5.74, 6) is 0. The van der Waals surface area contributed by atoms with E-state index >= 15 is 0 Å². The van der Waals surface area contributed by atoms with Gasteiger partial charge in [-0.1, -0.05) is 182 Å². The standard InChI is InChI=1S/C56H37N3S/c1-7-19-37(20-8-1)49-43-31-32-44(57-43)50(38-21-9-2-10-22-38)46-34-36-48(59-46)52(40-25-13-4-14-26-40)56-54(42-29-17-6-18-30-42)53(41-27-15-5-16-28-41)55(60-56)51(39-23-11-3-12-24-39)47-35-33-45(49)58-47/h1-36,57H. The second-order valence-electron chi connectivity index (χ2n) is 14.9. The van der Waals surface area contributed by atoms with Crippen LogP contribution in [-0.2, 0) is 0 Å². The molecule has 3 nitrogen and oxygen atoms in total. The first-order valence-electron chi connectivity index (χ1n) is 20.2. The van der Waals surface area contributed by atoms with Gasteiger partial charge in [-0.15, -0.1) is 11.3 Å². The minimum Gasteiger partial charge on any atom is -0.354 e. The molecule has 2 aliphatic rings. The summed E-state index contributed by atoms with van der Waals surface area (Å²) in [5.41, 5.74) is 18.9. The molecule has 8 bridgehead atoms. The summed E-state index contributed by atoms with van der Waals surface area (Å²) in [5, 5.41) is 0. The van der Waals surface area contributed by atoms with Crippen molar-refractivity contribution in [1.82, 2.24) is 15.0 Å². The number of nitrogens with one attached hydrogen (secondary N) is 1. The second kappa shape index (κ2) is 15.3. The van der Waals surface area contributed by atoms with Crippen molar-refractivity contribution in [1.29, 1.82) is 0 Å². The molecule has 3 aromatic heterocycles. The van der Waals surface area contributed by atoms with E-state index < -0.39 is 0 Å². The fraction of sp³-hybridized carbons (Fsp3) is 0. The summed E-state index contributed by atoms with van der Waals surface area (Å²) < 4.78 is 2.30. The molecule has 60 heavy (non-hydrogen) atoms. The van der Waals surface area contributed by atoms with Gasteiger partial charge in [0.05, 0.1) is 22.8 Å². The Morgan fingerprint density at radius 1 is 0.267 bits per heavy atom. The van der Waals surface area contributed by atoms with Gasteiger partial charge in [-0.25, -0.2) is 9.97 Å². The lowest BCUT2D eigenvalue weighted by Gasteiger charge is -2.11. The van der Waals surface area contributed by atoms with Gasteiger partial charge < -0.3 is 4.98 Å². The molecule has 0 saturated heterocycles. The summed E-state index contributed by atoms with van der Waals surface area (Å²) in [6.45, 7) is 0. The Kier molecular flexibility index (Phi) is 9.03. The van der Waals surface area contributed by atoms with Crippen molar-refractivity contribution in [2.24, 2.45) is 0 Å². The van der Waals surface area contributed by atoms with Crippen molar-refractivity contribution in [3.63, 3.8) is 0 Å². The lowest BCUT2D eigenvalue weighted by Crippen LogP contribution is -1.88. The number of thiophene rings is 1. The van der Waals surface area contributed by atoms with Crippen molar-refractivity contribution in [2.45, 2.75) is 0 Å². The molecule has 5 heterocycles. The zero-order chi connectivity index (χ0) is 39.8. The summed E-state index contributed by atoms with van der Waals surface area (Å²) in [4.78, 5) is 15.1. The molecular formula is C56H37N3S. The van der Waals surface area contributed by atoms with Crippen LogP contribution in [0.4, 0.5) is 0 Å². The average Bonchev–Trinajstić information content (AvgIpc) is 4.15. The van der Waals surface area contributed by atoms with E-state index in [2.05, 4.69) is 223 Å². The maximum atomic E-state index is 5.61. The third-order valence-corrected chi connectivity index (χ3v) is 12.5. The molecule has 0 atom stereocenters. The third-order valence-electron chi connectivity index (χ3n) is 11.3. The Labute approximate surface area is 353 Å². The topological polar surface area (TPSA) is 41.6 Å². The monoisotopic (exact) mass is 783 g/mol. The van der Waals surface area contributed by atoms with Crippen LogP contribution in [0.25, 0.3) is 111 Å². The Balaban J connectivity index is 1.43. The van der Waals surface area contributed by atoms with Gasteiger partial charge in [-0.05, 0) is 69.8 Å². The van der Waals surface area contributed by atoms with Crippen LogP contribution in [-0.4, -0.2) is 15.0 Å². The fourth-order valence-corrected chi connectivity index (χ4v) is 10.1. The van der Waals surface area contributed by atoms with Crippen LogP contribution >= 0.6 is 11.3 Å². The molecule has 4 heteroatoms. The van der Waals surface area contributed by atoms with Crippen LogP contribution in [0.5, 0.6) is 0 Å². The third kappa shape index (κ3) is 6.31. The van der Waals surface area contributed by atoms with Gasteiger partial charge in [-0.3, -0.25) is 0 Å². The number of aromatic amines is 1. The van der Waals surface area contributed by atoms with E-state index in [0.29, 0.717) is 0 Å². The van der Waals surface area contributed by atoms with Gasteiger partial charge in [0.15, 0.2) is 0 Å². The van der Waals surface area contributed by atoms with Crippen LogP contribution in [0.15, 0.2) is 194 Å². The first-order chi connectivity index (χ1) is 29.8. The highest BCUT2D eigenvalue weighted by Crippen LogP contribution is 2.52. The highest BCUT2D eigenvalue weighted by Gasteiger charge is 2.25. The Bertz CT molecular complexity index is 3040. The van der Waals surface area contributed by atoms with E-state index in [1.165, 1.54) is 11.1 Å². The summed E-state index contributed by atoms with van der Waals surface area (Å²) in [6, 6.07) is 68.8. The number of rotatable bonds is 6. The maximum Gasteiger partial charge on any atom is 0.0737 e. The van der Waals surface area contributed by atoms with E-state index in [-0.39, 0.29) is 0 Å². The minimum absolute atomic E-state index is 0.901. The molecule has 0 fully saturated rings. The lowest BCUT2D eigenvalue weighted by molar-refractivity contribution is 1.32. The number of H-pyrrole nitrogens is 1. The van der Waals surface area contributed by atoms with Crippen LogP contribution < -0.4 is 0 Å². The minimum atomic E-state index is 0.901. The molecule has 11 rings (SSSR count). The van der Waals surface area contributed by atoms with Crippen LogP contribution in [0.2, 0.25) is 0 Å². The van der Waals surface area contributed by atoms with E-state index in [0.717, 1.165) is 98.8 Å². The Morgan fingerprint density at radius 3 is 0.817 bits per heavy atom. The van der Waals surface area contributed by atoms with Gasteiger partial charge in [0.1, 0.15) is 0 Å². The van der Waals surface area contributed by atoms with E-state index in [9.17, 15) is 0 Å². The smallest absolute Gasteiger partial charge is 0.0737 e. The van der Waals surface area contributed by atoms with Gasteiger partial charge in [0.25, 0.3) is 0 Å². The molecule has 1 N–H and O–H groups in total. The van der Waals surface area contributed by atoms with Crippen LogP contribution in [0, 0.1) is 0 Å². The number of hydrogen-bond acceptors (Lipinski definition) is 3. The first-order valence-corrected chi connectivity index (χ1v) is 21.1. The molecule has 282 valence electrons. The summed E-state index contributed by atoms with van der Waals surface area (Å²) >= 11 is 1.83. The molecule has 0 amide bonds. The molecule has 0 aliphatic carbocycles. The maximum absolute atomic E-state index is 5.61. The zero-order valence-corrected chi connectivity index (χ0v) is 33.4. The molecule has 0 radical (unpaired) electrons. The lowest BCUT2D eigenvalue weighted by atomic mass is 9.91. The van der Waals surface area contributed by atoms with Crippen LogP contribution in [0.1, 0.15) is 22.8 Å². The molecule has 2 aliphatic heterocycles.